The zero-order valence-corrected chi connectivity index (χ0v) is 19.5. The van der Waals surface area contributed by atoms with Crippen LogP contribution >= 0.6 is 11.3 Å². The highest BCUT2D eigenvalue weighted by atomic mass is 32.1. The molecule has 8 nitrogen and oxygen atoms in total. The fraction of sp³-hybridized carbons (Fsp3) is 0.304. The normalized spacial score (nSPS) is 14.4. The Morgan fingerprint density at radius 2 is 1.89 bits per heavy atom. The molecule has 1 aliphatic heterocycles. The van der Waals surface area contributed by atoms with E-state index in [0.29, 0.717) is 41.9 Å². The van der Waals surface area contributed by atoms with Crippen LogP contribution in [-0.2, 0) is 16.0 Å². The molecular weight excluding hydrogens is 504 g/mol. The number of hydrogen-bond acceptors (Lipinski definition) is 8. The van der Waals surface area contributed by atoms with Gasteiger partial charge in [0.1, 0.15) is 15.8 Å². The third-order valence-corrected chi connectivity index (χ3v) is 6.09. The number of alkyl halides is 3. The molecule has 13 heteroatoms. The second-order valence-electron chi connectivity index (χ2n) is 7.81. The molecule has 1 amide bonds. The van der Waals surface area contributed by atoms with E-state index >= 15 is 0 Å². The van der Waals surface area contributed by atoms with Gasteiger partial charge in [-0.1, -0.05) is 23.5 Å². The van der Waals surface area contributed by atoms with Crippen LogP contribution in [0.1, 0.15) is 15.4 Å². The molecule has 1 N–H and O–H groups in total. The van der Waals surface area contributed by atoms with E-state index in [2.05, 4.69) is 20.3 Å². The number of nitrogens with zero attached hydrogens (tertiary/aromatic N) is 3. The molecule has 4 rings (SSSR count). The lowest BCUT2D eigenvalue weighted by molar-refractivity contribution is -0.274. The standard InChI is InChI=1S/C23H20F4N4O4S/c24-16-3-1-2-15(10-16)22-30-29-21(36-22)12-18(32)14-4-5-19(35-23(25,26)27)17(11-14)28-20(33)13-31-6-8-34-9-7-31/h1-5,10-11H,6-9,12-13H2,(H,28,33). The summed E-state index contributed by atoms with van der Waals surface area (Å²) in [6.07, 6.45) is -5.18. The van der Waals surface area contributed by atoms with E-state index in [1.165, 1.54) is 24.3 Å². The molecule has 3 aromatic rings. The summed E-state index contributed by atoms with van der Waals surface area (Å²) in [7, 11) is 0. The van der Waals surface area contributed by atoms with Crippen LogP contribution in [0.15, 0.2) is 42.5 Å². The fourth-order valence-corrected chi connectivity index (χ4v) is 4.30. The van der Waals surface area contributed by atoms with Crippen molar-refractivity contribution in [1.29, 1.82) is 0 Å². The first kappa shape index (κ1) is 25.7. The largest absolute Gasteiger partial charge is 0.573 e. The Morgan fingerprint density at radius 1 is 1.11 bits per heavy atom. The highest BCUT2D eigenvalue weighted by Crippen LogP contribution is 2.32. The second-order valence-corrected chi connectivity index (χ2v) is 8.87. The van der Waals surface area contributed by atoms with E-state index in [0.717, 1.165) is 23.5 Å². The number of ketones is 1. The van der Waals surface area contributed by atoms with Gasteiger partial charge in [-0.3, -0.25) is 14.5 Å². The minimum atomic E-state index is -4.99. The van der Waals surface area contributed by atoms with E-state index in [1.54, 1.807) is 11.0 Å². The van der Waals surface area contributed by atoms with Gasteiger partial charge < -0.3 is 14.8 Å². The number of Topliss-reactive ketones (excluding diaryl/α,β-unsaturated/α-hetero) is 1. The predicted octanol–water partition coefficient (Wildman–Crippen LogP) is 3.94. The minimum absolute atomic E-state index is 0.0497. The summed E-state index contributed by atoms with van der Waals surface area (Å²) in [4.78, 5) is 27.1. The third kappa shape index (κ3) is 7.06. The van der Waals surface area contributed by atoms with Crippen molar-refractivity contribution in [2.75, 3.05) is 38.2 Å². The van der Waals surface area contributed by atoms with Gasteiger partial charge in [0.15, 0.2) is 11.5 Å². The molecule has 1 aliphatic rings. The van der Waals surface area contributed by atoms with Crippen molar-refractivity contribution in [2.45, 2.75) is 12.8 Å². The van der Waals surface area contributed by atoms with Gasteiger partial charge in [0.2, 0.25) is 5.91 Å². The highest BCUT2D eigenvalue weighted by Gasteiger charge is 2.32. The van der Waals surface area contributed by atoms with Gasteiger partial charge in [-0.05, 0) is 30.3 Å². The van der Waals surface area contributed by atoms with Crippen molar-refractivity contribution in [3.05, 3.63) is 58.9 Å². The predicted molar refractivity (Wildman–Crippen MR) is 122 cm³/mol. The number of carbonyl (C=O) groups excluding carboxylic acids is 2. The molecule has 1 fully saturated rings. The number of carbonyl (C=O) groups is 2. The quantitative estimate of drug-likeness (QED) is 0.353. The van der Waals surface area contributed by atoms with Gasteiger partial charge in [0.05, 0.1) is 31.9 Å². The molecule has 2 aromatic carbocycles. The summed E-state index contributed by atoms with van der Waals surface area (Å²) in [6.45, 7) is 1.87. The Kier molecular flexibility index (Phi) is 7.91. The molecule has 36 heavy (non-hydrogen) atoms. The van der Waals surface area contributed by atoms with Gasteiger partial charge in [-0.15, -0.1) is 23.4 Å². The molecule has 1 saturated heterocycles. The van der Waals surface area contributed by atoms with E-state index in [1.807, 2.05) is 0 Å². The number of hydrogen-bond donors (Lipinski definition) is 1. The van der Waals surface area contributed by atoms with Crippen molar-refractivity contribution in [2.24, 2.45) is 0 Å². The molecular formula is C23H20F4N4O4S. The number of anilines is 1. The average molecular weight is 524 g/mol. The fourth-order valence-electron chi connectivity index (χ4n) is 3.47. The van der Waals surface area contributed by atoms with Gasteiger partial charge >= 0.3 is 6.36 Å². The van der Waals surface area contributed by atoms with Gasteiger partial charge in [0.25, 0.3) is 0 Å². The molecule has 0 saturated carbocycles. The monoisotopic (exact) mass is 524 g/mol. The summed E-state index contributed by atoms with van der Waals surface area (Å²) in [6, 6.07) is 9.04. The molecule has 0 aliphatic carbocycles. The Bertz CT molecular complexity index is 1240. The molecule has 1 aromatic heterocycles. The van der Waals surface area contributed by atoms with E-state index in [4.69, 9.17) is 4.74 Å². The van der Waals surface area contributed by atoms with E-state index < -0.39 is 29.6 Å². The summed E-state index contributed by atoms with van der Waals surface area (Å²) in [5.74, 6) is -2.10. The summed E-state index contributed by atoms with van der Waals surface area (Å²) >= 11 is 1.09. The Hall–Kier alpha value is -3.42. The first-order valence-corrected chi connectivity index (χ1v) is 11.6. The maximum atomic E-state index is 13.5. The topological polar surface area (TPSA) is 93.7 Å². The van der Waals surface area contributed by atoms with Crippen LogP contribution in [0.2, 0.25) is 0 Å². The van der Waals surface area contributed by atoms with Gasteiger partial charge in [0, 0.05) is 24.2 Å². The first-order chi connectivity index (χ1) is 17.2. The Labute approximate surface area is 206 Å². The number of benzene rings is 2. The molecule has 190 valence electrons. The van der Waals surface area contributed by atoms with Crippen LogP contribution in [0.3, 0.4) is 0 Å². The minimum Gasteiger partial charge on any atom is -0.404 e. The third-order valence-electron chi connectivity index (χ3n) is 5.12. The van der Waals surface area contributed by atoms with Gasteiger partial charge in [-0.25, -0.2) is 4.39 Å². The molecule has 0 bridgehead atoms. The van der Waals surface area contributed by atoms with E-state index in [9.17, 15) is 27.2 Å². The summed E-state index contributed by atoms with van der Waals surface area (Å²) < 4.78 is 61.4. The van der Waals surface area contributed by atoms with Crippen molar-refractivity contribution >= 4 is 28.7 Å². The van der Waals surface area contributed by atoms with Crippen LogP contribution < -0.4 is 10.1 Å². The smallest absolute Gasteiger partial charge is 0.404 e. The summed E-state index contributed by atoms with van der Waals surface area (Å²) in [5, 5.41) is 11.1. The number of aromatic nitrogens is 2. The first-order valence-electron chi connectivity index (χ1n) is 10.8. The van der Waals surface area contributed by atoms with Gasteiger partial charge in [-0.2, -0.15) is 0 Å². The molecule has 0 atom stereocenters. The lowest BCUT2D eigenvalue weighted by Crippen LogP contribution is -2.41. The number of morpholine rings is 1. The zero-order valence-electron chi connectivity index (χ0n) is 18.7. The highest BCUT2D eigenvalue weighted by molar-refractivity contribution is 7.14. The zero-order chi connectivity index (χ0) is 25.7. The average Bonchev–Trinajstić information content (AvgIpc) is 3.28. The van der Waals surface area contributed by atoms with Crippen molar-refractivity contribution in [1.82, 2.24) is 15.1 Å². The molecule has 0 radical (unpaired) electrons. The lowest BCUT2D eigenvalue weighted by atomic mass is 10.1. The number of ether oxygens (including phenoxy) is 2. The van der Waals surface area contributed by atoms with Crippen LogP contribution in [0, 0.1) is 5.82 Å². The Morgan fingerprint density at radius 3 is 2.61 bits per heavy atom. The number of nitrogens with one attached hydrogen (secondary N) is 1. The maximum Gasteiger partial charge on any atom is 0.573 e. The van der Waals surface area contributed by atoms with Crippen LogP contribution in [0.5, 0.6) is 5.75 Å². The van der Waals surface area contributed by atoms with Crippen LogP contribution in [0.4, 0.5) is 23.2 Å². The van der Waals surface area contributed by atoms with Crippen molar-refractivity contribution in [3.8, 4) is 16.3 Å². The molecule has 2 heterocycles. The Balaban J connectivity index is 1.50. The van der Waals surface area contributed by atoms with E-state index in [-0.39, 0.29) is 24.2 Å². The van der Waals surface area contributed by atoms with Crippen LogP contribution in [0.25, 0.3) is 10.6 Å². The van der Waals surface area contributed by atoms with Crippen LogP contribution in [-0.4, -0.2) is 66.0 Å². The number of amides is 1. The number of rotatable bonds is 8. The number of halogens is 4. The maximum absolute atomic E-state index is 13.5. The lowest BCUT2D eigenvalue weighted by Gasteiger charge is -2.26. The second kappa shape index (κ2) is 11.1. The summed E-state index contributed by atoms with van der Waals surface area (Å²) in [5.41, 5.74) is 0.271. The van der Waals surface area contributed by atoms with Crippen molar-refractivity contribution < 1.29 is 36.6 Å². The molecule has 0 unspecified atom stereocenters. The molecule has 0 spiro atoms. The SMILES string of the molecule is O=C(CN1CCOCC1)Nc1cc(C(=O)Cc2nnc(-c3cccc(F)c3)s2)ccc1OC(F)(F)F. The van der Waals surface area contributed by atoms with Crippen molar-refractivity contribution in [3.63, 3.8) is 0 Å².